The number of anilines is 1. The summed E-state index contributed by atoms with van der Waals surface area (Å²) in [5.41, 5.74) is 0.411. The second kappa shape index (κ2) is 5.91. The number of benzene rings is 1. The van der Waals surface area contributed by atoms with Crippen molar-refractivity contribution >= 4 is 17.3 Å². The molecule has 0 spiro atoms. The number of carbonyl (C=O) groups is 1. The Labute approximate surface area is 114 Å². The first-order valence-corrected chi connectivity index (χ1v) is 6.07. The third kappa shape index (κ3) is 3.16. The molecule has 1 aromatic carbocycles. The average molecular weight is 275 g/mol. The van der Waals surface area contributed by atoms with Crippen LogP contribution in [0.5, 0.6) is 0 Å². The van der Waals surface area contributed by atoms with Crippen LogP contribution in [0.2, 0.25) is 0 Å². The number of aryl methyl sites for hydroxylation is 1. The number of carbonyl (C=O) groups excluding carboxylic acids is 1. The molecular weight excluding hydrogens is 262 g/mol. The zero-order valence-corrected chi connectivity index (χ0v) is 10.8. The van der Waals surface area contributed by atoms with Gasteiger partial charge in [0.05, 0.1) is 4.92 Å². The van der Waals surface area contributed by atoms with E-state index in [-0.39, 0.29) is 11.5 Å². The Balaban J connectivity index is 2.04. The van der Waals surface area contributed by atoms with Crippen LogP contribution < -0.4 is 5.32 Å². The van der Waals surface area contributed by atoms with E-state index >= 15 is 0 Å². The van der Waals surface area contributed by atoms with Gasteiger partial charge in [-0.1, -0.05) is 6.92 Å². The Morgan fingerprint density at radius 1 is 1.40 bits per heavy atom. The normalized spacial score (nSPS) is 10.2. The molecule has 0 atom stereocenters. The summed E-state index contributed by atoms with van der Waals surface area (Å²) in [6, 6.07) is 5.54. The molecule has 0 radical (unpaired) electrons. The number of nitro groups is 1. The lowest BCUT2D eigenvalue weighted by Gasteiger charge is -2.01. The standard InChI is InChI=1S/C12H13N5O3/c1-2-3-10-14-11(16-15-10)12(18)13-8-4-6-9(7-5-8)17(19)20/h4-7H,2-3H2,1H3,(H,13,18)(H,14,15,16). The van der Waals surface area contributed by atoms with Gasteiger partial charge in [0.1, 0.15) is 5.82 Å². The van der Waals surface area contributed by atoms with Crippen molar-refractivity contribution in [2.24, 2.45) is 0 Å². The van der Waals surface area contributed by atoms with Crippen LogP contribution in [0.25, 0.3) is 0 Å². The van der Waals surface area contributed by atoms with Gasteiger partial charge in [0.25, 0.3) is 11.6 Å². The predicted molar refractivity (Wildman–Crippen MR) is 71.4 cm³/mol. The van der Waals surface area contributed by atoms with Gasteiger partial charge in [-0.25, -0.2) is 4.98 Å². The summed E-state index contributed by atoms with van der Waals surface area (Å²) in [6.07, 6.45) is 1.62. The Kier molecular flexibility index (Phi) is 4.04. The highest BCUT2D eigenvalue weighted by molar-refractivity contribution is 6.01. The van der Waals surface area contributed by atoms with Crippen molar-refractivity contribution in [3.05, 3.63) is 46.0 Å². The van der Waals surface area contributed by atoms with E-state index in [0.717, 1.165) is 12.8 Å². The van der Waals surface area contributed by atoms with Gasteiger partial charge >= 0.3 is 0 Å². The Morgan fingerprint density at radius 3 is 2.70 bits per heavy atom. The van der Waals surface area contributed by atoms with Crippen LogP contribution in [-0.2, 0) is 6.42 Å². The molecule has 0 saturated carbocycles. The molecule has 0 aliphatic rings. The third-order valence-electron chi connectivity index (χ3n) is 2.56. The number of amides is 1. The van der Waals surface area contributed by atoms with Crippen molar-refractivity contribution in [2.75, 3.05) is 5.32 Å². The summed E-state index contributed by atoms with van der Waals surface area (Å²) >= 11 is 0. The molecule has 0 aliphatic heterocycles. The molecular formula is C12H13N5O3. The number of hydrogen-bond acceptors (Lipinski definition) is 5. The first-order chi connectivity index (χ1) is 9.60. The Bertz CT molecular complexity index is 620. The molecule has 0 bridgehead atoms. The second-order valence-electron chi connectivity index (χ2n) is 4.11. The maximum Gasteiger partial charge on any atom is 0.295 e. The largest absolute Gasteiger partial charge is 0.319 e. The first kappa shape index (κ1) is 13.7. The SMILES string of the molecule is CCCc1nc(C(=O)Nc2ccc([N+](=O)[O-])cc2)n[nH]1. The van der Waals surface area contributed by atoms with Crippen LogP contribution >= 0.6 is 0 Å². The van der Waals surface area contributed by atoms with E-state index in [9.17, 15) is 14.9 Å². The highest BCUT2D eigenvalue weighted by Gasteiger charge is 2.13. The lowest BCUT2D eigenvalue weighted by molar-refractivity contribution is -0.384. The van der Waals surface area contributed by atoms with Gasteiger partial charge < -0.3 is 5.32 Å². The molecule has 0 fully saturated rings. The summed E-state index contributed by atoms with van der Waals surface area (Å²) in [6.45, 7) is 2.00. The van der Waals surface area contributed by atoms with Gasteiger partial charge in [-0.05, 0) is 18.6 Å². The zero-order chi connectivity index (χ0) is 14.5. The quantitative estimate of drug-likeness (QED) is 0.639. The molecule has 2 N–H and O–H groups in total. The number of non-ortho nitro benzene ring substituents is 1. The lowest BCUT2D eigenvalue weighted by atomic mass is 10.3. The van der Waals surface area contributed by atoms with Gasteiger partial charge in [-0.2, -0.15) is 0 Å². The van der Waals surface area contributed by atoms with Gasteiger partial charge in [0.15, 0.2) is 0 Å². The topological polar surface area (TPSA) is 114 Å². The van der Waals surface area contributed by atoms with Crippen molar-refractivity contribution in [3.63, 3.8) is 0 Å². The Morgan fingerprint density at radius 2 is 2.10 bits per heavy atom. The third-order valence-corrected chi connectivity index (χ3v) is 2.56. The number of nitro benzene ring substituents is 1. The van der Waals surface area contributed by atoms with Crippen LogP contribution in [0.1, 0.15) is 29.8 Å². The van der Waals surface area contributed by atoms with E-state index in [1.807, 2.05) is 6.92 Å². The van der Waals surface area contributed by atoms with Gasteiger partial charge in [-0.15, -0.1) is 5.10 Å². The summed E-state index contributed by atoms with van der Waals surface area (Å²) < 4.78 is 0. The van der Waals surface area contributed by atoms with E-state index < -0.39 is 10.8 Å². The molecule has 2 aromatic rings. The van der Waals surface area contributed by atoms with E-state index in [2.05, 4.69) is 20.5 Å². The molecule has 8 nitrogen and oxygen atoms in total. The molecule has 2 rings (SSSR count). The minimum atomic E-state index is -0.502. The van der Waals surface area contributed by atoms with Crippen molar-refractivity contribution in [3.8, 4) is 0 Å². The maximum atomic E-state index is 11.9. The molecule has 1 amide bonds. The monoisotopic (exact) mass is 275 g/mol. The lowest BCUT2D eigenvalue weighted by Crippen LogP contribution is -2.13. The smallest absolute Gasteiger partial charge is 0.295 e. The highest BCUT2D eigenvalue weighted by Crippen LogP contribution is 2.15. The van der Waals surface area contributed by atoms with Crippen LogP contribution in [0.3, 0.4) is 0 Å². The number of aromatic nitrogens is 3. The number of aromatic amines is 1. The minimum absolute atomic E-state index is 0.0360. The molecule has 1 aromatic heterocycles. The Hall–Kier alpha value is -2.77. The fraction of sp³-hybridized carbons (Fsp3) is 0.250. The summed E-state index contributed by atoms with van der Waals surface area (Å²) in [5.74, 6) is 0.241. The fourth-order valence-corrected chi connectivity index (χ4v) is 1.60. The summed E-state index contributed by atoms with van der Waals surface area (Å²) in [5, 5.41) is 19.6. The van der Waals surface area contributed by atoms with E-state index in [1.54, 1.807) is 0 Å². The molecule has 0 saturated heterocycles. The van der Waals surface area contributed by atoms with Crippen molar-refractivity contribution in [1.82, 2.24) is 15.2 Å². The molecule has 0 unspecified atom stereocenters. The van der Waals surface area contributed by atoms with E-state index in [4.69, 9.17) is 0 Å². The molecule has 0 aliphatic carbocycles. The minimum Gasteiger partial charge on any atom is -0.319 e. The van der Waals surface area contributed by atoms with Gasteiger partial charge in [-0.3, -0.25) is 20.0 Å². The van der Waals surface area contributed by atoms with Gasteiger partial charge in [0, 0.05) is 24.2 Å². The van der Waals surface area contributed by atoms with Crippen molar-refractivity contribution < 1.29 is 9.72 Å². The van der Waals surface area contributed by atoms with E-state index in [1.165, 1.54) is 24.3 Å². The van der Waals surface area contributed by atoms with Crippen LogP contribution in [-0.4, -0.2) is 26.0 Å². The predicted octanol–water partition coefficient (Wildman–Crippen LogP) is 1.92. The van der Waals surface area contributed by atoms with Crippen LogP contribution in [0, 0.1) is 10.1 Å². The zero-order valence-electron chi connectivity index (χ0n) is 10.8. The molecule has 1 heterocycles. The summed E-state index contributed by atoms with van der Waals surface area (Å²) in [4.78, 5) is 25.9. The molecule has 104 valence electrons. The number of H-pyrrole nitrogens is 1. The first-order valence-electron chi connectivity index (χ1n) is 6.07. The highest BCUT2D eigenvalue weighted by atomic mass is 16.6. The maximum absolute atomic E-state index is 11.9. The number of rotatable bonds is 5. The summed E-state index contributed by atoms with van der Waals surface area (Å²) in [7, 11) is 0. The average Bonchev–Trinajstić information content (AvgIpc) is 2.88. The molecule has 8 heteroatoms. The number of nitrogens with one attached hydrogen (secondary N) is 2. The second-order valence-corrected chi connectivity index (χ2v) is 4.11. The van der Waals surface area contributed by atoms with Crippen molar-refractivity contribution in [1.29, 1.82) is 0 Å². The van der Waals surface area contributed by atoms with Crippen molar-refractivity contribution in [2.45, 2.75) is 19.8 Å². The van der Waals surface area contributed by atoms with Crippen LogP contribution in [0.4, 0.5) is 11.4 Å². The number of nitrogens with zero attached hydrogens (tertiary/aromatic N) is 3. The molecule has 20 heavy (non-hydrogen) atoms. The van der Waals surface area contributed by atoms with Crippen LogP contribution in [0.15, 0.2) is 24.3 Å². The van der Waals surface area contributed by atoms with Gasteiger partial charge in [0.2, 0.25) is 5.82 Å². The number of hydrogen-bond donors (Lipinski definition) is 2. The fourth-order valence-electron chi connectivity index (χ4n) is 1.60. The van der Waals surface area contributed by atoms with E-state index in [0.29, 0.717) is 11.5 Å².